The van der Waals surface area contributed by atoms with Gasteiger partial charge in [0.1, 0.15) is 0 Å². The lowest BCUT2D eigenvalue weighted by Crippen LogP contribution is -2.51. The first-order valence-electron chi connectivity index (χ1n) is 7.12. The fourth-order valence-corrected chi connectivity index (χ4v) is 3.18. The lowest BCUT2D eigenvalue weighted by Gasteiger charge is -2.39. The van der Waals surface area contributed by atoms with E-state index < -0.39 is 0 Å². The maximum atomic E-state index is 12.2. The summed E-state index contributed by atoms with van der Waals surface area (Å²) in [4.78, 5) is 14.5. The first-order chi connectivity index (χ1) is 9.61. The number of nitrogens with two attached hydrogens (primary N) is 1. The summed E-state index contributed by atoms with van der Waals surface area (Å²) in [6.07, 6.45) is 3.42. The second-order valence-electron chi connectivity index (χ2n) is 5.37. The first kappa shape index (κ1) is 15.5. The van der Waals surface area contributed by atoms with E-state index in [0.29, 0.717) is 25.2 Å². The molecule has 1 aromatic carbocycles. The minimum absolute atomic E-state index is 0.0177. The van der Waals surface area contributed by atoms with E-state index in [0.717, 1.165) is 23.0 Å². The standard InChI is InChI=1S/C15H22BrN3O/c1-11-5-4-6-12(9-17)19(11)10-15(20)18-14-8-3-2-7-13(14)16/h2-3,7-8,11-12H,4-6,9-10,17H2,1H3,(H,18,20). The topological polar surface area (TPSA) is 58.4 Å². The molecule has 1 aromatic rings. The molecule has 2 rings (SSSR count). The van der Waals surface area contributed by atoms with Crippen LogP contribution in [-0.2, 0) is 4.79 Å². The van der Waals surface area contributed by atoms with Crippen LogP contribution in [0.4, 0.5) is 5.69 Å². The van der Waals surface area contributed by atoms with Gasteiger partial charge in [0.25, 0.3) is 0 Å². The van der Waals surface area contributed by atoms with Crippen LogP contribution in [0.5, 0.6) is 0 Å². The lowest BCUT2D eigenvalue weighted by molar-refractivity contribution is -0.118. The third kappa shape index (κ3) is 3.81. The number of rotatable bonds is 4. The summed E-state index contributed by atoms with van der Waals surface area (Å²) in [6.45, 7) is 3.20. The predicted octanol–water partition coefficient (Wildman–Crippen LogP) is 2.59. The number of anilines is 1. The zero-order valence-electron chi connectivity index (χ0n) is 11.8. The molecule has 4 nitrogen and oxygen atoms in total. The van der Waals surface area contributed by atoms with Gasteiger partial charge in [-0.3, -0.25) is 9.69 Å². The van der Waals surface area contributed by atoms with Gasteiger partial charge in [0, 0.05) is 23.1 Å². The molecule has 0 aliphatic carbocycles. The van der Waals surface area contributed by atoms with Gasteiger partial charge in [0.05, 0.1) is 12.2 Å². The van der Waals surface area contributed by atoms with Gasteiger partial charge in [-0.15, -0.1) is 0 Å². The average molecular weight is 340 g/mol. The van der Waals surface area contributed by atoms with Gasteiger partial charge >= 0.3 is 0 Å². The minimum Gasteiger partial charge on any atom is -0.329 e. The third-order valence-electron chi connectivity index (χ3n) is 3.94. The van der Waals surface area contributed by atoms with Crippen LogP contribution in [0.15, 0.2) is 28.7 Å². The molecule has 1 heterocycles. The Kier molecular flexibility index (Phi) is 5.57. The number of hydrogen-bond donors (Lipinski definition) is 2. The Morgan fingerprint density at radius 1 is 1.45 bits per heavy atom. The van der Waals surface area contributed by atoms with Crippen LogP contribution in [0.3, 0.4) is 0 Å². The quantitative estimate of drug-likeness (QED) is 0.886. The Hall–Kier alpha value is -0.910. The molecule has 0 aromatic heterocycles. The number of amides is 1. The molecule has 5 heteroatoms. The molecule has 1 saturated heterocycles. The number of nitrogens with one attached hydrogen (secondary N) is 1. The molecule has 0 bridgehead atoms. The molecule has 110 valence electrons. The van der Waals surface area contributed by atoms with E-state index in [2.05, 4.69) is 33.1 Å². The average Bonchev–Trinajstić information content (AvgIpc) is 2.43. The number of hydrogen-bond acceptors (Lipinski definition) is 3. The largest absolute Gasteiger partial charge is 0.329 e. The SMILES string of the molecule is CC1CCCC(CN)N1CC(=O)Nc1ccccc1Br. The molecule has 0 spiro atoms. The normalized spacial score (nSPS) is 23.6. The highest BCUT2D eigenvalue weighted by Gasteiger charge is 2.28. The predicted molar refractivity (Wildman–Crippen MR) is 85.6 cm³/mol. The number of likely N-dealkylation sites (tertiary alicyclic amines) is 1. The number of halogens is 1. The summed E-state index contributed by atoms with van der Waals surface area (Å²) in [5.41, 5.74) is 6.64. The van der Waals surface area contributed by atoms with Crippen LogP contribution >= 0.6 is 15.9 Å². The molecule has 1 fully saturated rings. The Balaban J connectivity index is 1.98. The monoisotopic (exact) mass is 339 g/mol. The Bertz CT molecular complexity index is 466. The molecule has 1 aliphatic heterocycles. The molecule has 0 radical (unpaired) electrons. The molecular formula is C15H22BrN3O. The Morgan fingerprint density at radius 3 is 2.90 bits per heavy atom. The number of piperidine rings is 1. The number of benzene rings is 1. The fraction of sp³-hybridized carbons (Fsp3) is 0.533. The molecule has 1 amide bonds. The fourth-order valence-electron chi connectivity index (χ4n) is 2.80. The van der Waals surface area contributed by atoms with E-state index in [1.54, 1.807) is 0 Å². The smallest absolute Gasteiger partial charge is 0.238 e. The summed E-state index contributed by atoms with van der Waals surface area (Å²) in [5.74, 6) is 0.0177. The van der Waals surface area contributed by atoms with Crippen molar-refractivity contribution in [2.45, 2.75) is 38.3 Å². The highest BCUT2D eigenvalue weighted by atomic mass is 79.9. The molecular weight excluding hydrogens is 318 g/mol. The van der Waals surface area contributed by atoms with Crippen LogP contribution < -0.4 is 11.1 Å². The number of nitrogens with zero attached hydrogens (tertiary/aromatic N) is 1. The van der Waals surface area contributed by atoms with E-state index in [9.17, 15) is 4.79 Å². The zero-order chi connectivity index (χ0) is 14.5. The second-order valence-corrected chi connectivity index (χ2v) is 6.22. The number of carbonyl (C=O) groups is 1. The summed E-state index contributed by atoms with van der Waals surface area (Å²) in [5, 5.41) is 2.95. The lowest BCUT2D eigenvalue weighted by atomic mass is 9.96. The summed E-state index contributed by atoms with van der Waals surface area (Å²) >= 11 is 3.44. The van der Waals surface area contributed by atoms with Crippen molar-refractivity contribution in [3.05, 3.63) is 28.7 Å². The van der Waals surface area contributed by atoms with Crippen molar-refractivity contribution in [3.8, 4) is 0 Å². The van der Waals surface area contributed by atoms with Crippen LogP contribution in [0.25, 0.3) is 0 Å². The highest BCUT2D eigenvalue weighted by molar-refractivity contribution is 9.10. The van der Waals surface area contributed by atoms with Crippen molar-refractivity contribution in [2.75, 3.05) is 18.4 Å². The van der Waals surface area contributed by atoms with E-state index in [-0.39, 0.29) is 5.91 Å². The van der Waals surface area contributed by atoms with Gasteiger partial charge in [0.15, 0.2) is 0 Å². The summed E-state index contributed by atoms with van der Waals surface area (Å²) in [6, 6.07) is 8.39. The van der Waals surface area contributed by atoms with Crippen molar-refractivity contribution in [1.29, 1.82) is 0 Å². The Labute approximate surface area is 128 Å². The van der Waals surface area contributed by atoms with Gasteiger partial charge in [-0.25, -0.2) is 0 Å². The van der Waals surface area contributed by atoms with Crippen molar-refractivity contribution in [1.82, 2.24) is 4.90 Å². The van der Waals surface area contributed by atoms with E-state index in [4.69, 9.17) is 5.73 Å². The van der Waals surface area contributed by atoms with Crippen LogP contribution in [0.2, 0.25) is 0 Å². The molecule has 0 saturated carbocycles. The van der Waals surface area contributed by atoms with Crippen molar-refractivity contribution in [3.63, 3.8) is 0 Å². The Morgan fingerprint density at radius 2 is 2.20 bits per heavy atom. The van der Waals surface area contributed by atoms with E-state index >= 15 is 0 Å². The van der Waals surface area contributed by atoms with Gasteiger partial charge in [-0.2, -0.15) is 0 Å². The second kappa shape index (κ2) is 7.20. The van der Waals surface area contributed by atoms with Gasteiger partial charge < -0.3 is 11.1 Å². The van der Waals surface area contributed by atoms with E-state index in [1.165, 1.54) is 6.42 Å². The van der Waals surface area contributed by atoms with E-state index in [1.807, 2.05) is 24.3 Å². The van der Waals surface area contributed by atoms with Crippen molar-refractivity contribution >= 4 is 27.5 Å². The number of para-hydroxylation sites is 1. The molecule has 2 atom stereocenters. The van der Waals surface area contributed by atoms with Gasteiger partial charge in [-0.1, -0.05) is 18.6 Å². The molecule has 20 heavy (non-hydrogen) atoms. The summed E-state index contributed by atoms with van der Waals surface area (Å²) < 4.78 is 0.899. The summed E-state index contributed by atoms with van der Waals surface area (Å²) in [7, 11) is 0. The molecule has 1 aliphatic rings. The van der Waals surface area contributed by atoms with Crippen molar-refractivity contribution < 1.29 is 4.79 Å². The highest BCUT2D eigenvalue weighted by Crippen LogP contribution is 2.23. The first-order valence-corrected chi connectivity index (χ1v) is 7.91. The number of carbonyl (C=O) groups excluding carboxylic acids is 1. The minimum atomic E-state index is 0.0177. The maximum absolute atomic E-state index is 12.2. The van der Waals surface area contributed by atoms with Crippen LogP contribution in [-0.4, -0.2) is 36.0 Å². The third-order valence-corrected chi connectivity index (χ3v) is 4.63. The zero-order valence-corrected chi connectivity index (χ0v) is 13.4. The van der Waals surface area contributed by atoms with Gasteiger partial charge in [0.2, 0.25) is 5.91 Å². The molecule has 2 unspecified atom stereocenters. The molecule has 3 N–H and O–H groups in total. The van der Waals surface area contributed by atoms with Gasteiger partial charge in [-0.05, 0) is 47.8 Å². The van der Waals surface area contributed by atoms with Crippen LogP contribution in [0, 0.1) is 0 Å². The van der Waals surface area contributed by atoms with Crippen molar-refractivity contribution in [2.24, 2.45) is 5.73 Å². The van der Waals surface area contributed by atoms with Crippen LogP contribution in [0.1, 0.15) is 26.2 Å². The maximum Gasteiger partial charge on any atom is 0.238 e.